The number of halogens is 1. The zero-order chi connectivity index (χ0) is 32.3. The van der Waals surface area contributed by atoms with Crippen molar-refractivity contribution in [2.45, 2.75) is 51.1 Å². The lowest BCUT2D eigenvalue weighted by atomic mass is 10.1. The van der Waals surface area contributed by atoms with Gasteiger partial charge in [-0.15, -0.1) is 0 Å². The van der Waals surface area contributed by atoms with Crippen molar-refractivity contribution in [3.05, 3.63) is 76.8 Å². The van der Waals surface area contributed by atoms with E-state index < -0.39 is 28.5 Å². The predicted octanol–water partition coefficient (Wildman–Crippen LogP) is 5.39. The molecular formula is C32H40BrN3O7S. The average Bonchev–Trinajstić information content (AvgIpc) is 3.02. The van der Waals surface area contributed by atoms with Gasteiger partial charge in [-0.2, -0.15) is 0 Å². The summed E-state index contributed by atoms with van der Waals surface area (Å²) in [6.45, 7) is 5.95. The van der Waals surface area contributed by atoms with E-state index in [2.05, 4.69) is 21.2 Å². The Hall–Kier alpha value is -3.77. The number of nitrogens with one attached hydrogen (secondary N) is 1. The van der Waals surface area contributed by atoms with Crippen molar-refractivity contribution in [2.24, 2.45) is 0 Å². The molecule has 12 heteroatoms. The Balaban J connectivity index is 2.06. The molecule has 44 heavy (non-hydrogen) atoms. The van der Waals surface area contributed by atoms with Gasteiger partial charge in [0.15, 0.2) is 11.5 Å². The van der Waals surface area contributed by atoms with Crippen LogP contribution in [0.5, 0.6) is 17.2 Å². The molecule has 0 aliphatic carbocycles. The van der Waals surface area contributed by atoms with Gasteiger partial charge in [-0.05, 0) is 74.4 Å². The summed E-state index contributed by atoms with van der Waals surface area (Å²) in [5.74, 6) is 0.261. The third kappa shape index (κ3) is 8.88. The molecule has 1 atom stereocenters. The van der Waals surface area contributed by atoms with Gasteiger partial charge in [0, 0.05) is 23.6 Å². The first-order valence-corrected chi connectivity index (χ1v) is 16.6. The summed E-state index contributed by atoms with van der Waals surface area (Å²) < 4.78 is 46.4. The van der Waals surface area contributed by atoms with Crippen molar-refractivity contribution in [3.8, 4) is 17.2 Å². The van der Waals surface area contributed by atoms with Gasteiger partial charge in [0.1, 0.15) is 18.3 Å². The molecule has 0 aromatic heterocycles. The number of rotatable bonds is 16. The average molecular weight is 691 g/mol. The van der Waals surface area contributed by atoms with Crippen molar-refractivity contribution in [3.63, 3.8) is 0 Å². The molecule has 1 N–H and O–H groups in total. The zero-order valence-corrected chi connectivity index (χ0v) is 28.1. The van der Waals surface area contributed by atoms with Crippen LogP contribution in [-0.4, -0.2) is 65.1 Å². The maximum absolute atomic E-state index is 14.2. The first-order valence-electron chi connectivity index (χ1n) is 14.3. The molecule has 0 heterocycles. The van der Waals surface area contributed by atoms with Crippen LogP contribution in [0.2, 0.25) is 0 Å². The Bertz CT molecular complexity index is 1520. The predicted molar refractivity (Wildman–Crippen MR) is 174 cm³/mol. The van der Waals surface area contributed by atoms with E-state index in [9.17, 15) is 18.0 Å². The van der Waals surface area contributed by atoms with E-state index in [1.54, 1.807) is 31.2 Å². The first kappa shape index (κ1) is 34.7. The van der Waals surface area contributed by atoms with E-state index in [1.165, 1.54) is 37.3 Å². The topological polar surface area (TPSA) is 114 Å². The van der Waals surface area contributed by atoms with Crippen LogP contribution in [0.25, 0.3) is 0 Å². The van der Waals surface area contributed by atoms with Gasteiger partial charge < -0.3 is 24.4 Å². The maximum Gasteiger partial charge on any atom is 0.264 e. The van der Waals surface area contributed by atoms with Crippen LogP contribution in [0.1, 0.15) is 39.2 Å². The Morgan fingerprint density at radius 3 is 2.27 bits per heavy atom. The minimum Gasteiger partial charge on any atom is -0.494 e. The highest BCUT2D eigenvalue weighted by Gasteiger charge is 2.33. The number of benzene rings is 3. The summed E-state index contributed by atoms with van der Waals surface area (Å²) in [4.78, 5) is 28.6. The normalized spacial score (nSPS) is 11.8. The molecule has 0 aliphatic heterocycles. The van der Waals surface area contributed by atoms with Gasteiger partial charge in [0.05, 0.1) is 31.4 Å². The van der Waals surface area contributed by atoms with Crippen molar-refractivity contribution in [1.82, 2.24) is 10.2 Å². The molecule has 238 valence electrons. The Morgan fingerprint density at radius 2 is 1.66 bits per heavy atom. The summed E-state index contributed by atoms with van der Waals surface area (Å²) in [7, 11) is -1.44. The standard InChI is InChI=1S/C32H40BrN3O7S/c1-6-8-18-34-32(38)23(3)35(21-24-10-9-11-25(33)19-24)31(37)22-36(26-12-14-27(15-13-26)43-7-2)44(39,40)28-16-17-29(41-4)30(20-28)42-5/h9-17,19-20,23H,6-8,18,21-22H2,1-5H3,(H,34,38). The van der Waals surface area contributed by atoms with E-state index >= 15 is 0 Å². The lowest BCUT2D eigenvalue weighted by molar-refractivity contribution is -0.139. The van der Waals surface area contributed by atoms with Crippen molar-refractivity contribution >= 4 is 43.5 Å². The van der Waals surface area contributed by atoms with Crippen LogP contribution < -0.4 is 23.8 Å². The SMILES string of the molecule is CCCCNC(=O)C(C)N(Cc1cccc(Br)c1)C(=O)CN(c1ccc(OCC)cc1)S(=O)(=O)c1ccc(OC)c(OC)c1. The van der Waals surface area contributed by atoms with Crippen LogP contribution >= 0.6 is 15.9 Å². The number of methoxy groups -OCH3 is 2. The van der Waals surface area contributed by atoms with Gasteiger partial charge in [0.2, 0.25) is 11.8 Å². The number of carbonyl (C=O) groups excluding carboxylic acids is 2. The molecule has 0 aliphatic rings. The molecule has 0 fully saturated rings. The summed E-state index contributed by atoms with van der Waals surface area (Å²) in [6.07, 6.45) is 1.70. The number of carbonyl (C=O) groups is 2. The highest BCUT2D eigenvalue weighted by atomic mass is 79.9. The molecule has 0 bridgehead atoms. The quantitative estimate of drug-likeness (QED) is 0.201. The van der Waals surface area contributed by atoms with E-state index in [4.69, 9.17) is 14.2 Å². The molecule has 10 nitrogen and oxygen atoms in total. The van der Waals surface area contributed by atoms with Crippen molar-refractivity contribution in [1.29, 1.82) is 0 Å². The Labute approximate surface area is 268 Å². The van der Waals surface area contributed by atoms with Crippen LogP contribution in [0.4, 0.5) is 5.69 Å². The second-order valence-corrected chi connectivity index (χ2v) is 12.7. The molecule has 3 aromatic rings. The maximum atomic E-state index is 14.2. The van der Waals surface area contributed by atoms with Crippen molar-refractivity contribution in [2.75, 3.05) is 38.2 Å². The largest absolute Gasteiger partial charge is 0.494 e. The minimum atomic E-state index is -4.31. The molecule has 1 unspecified atom stereocenters. The Morgan fingerprint density at radius 1 is 0.955 bits per heavy atom. The fourth-order valence-corrected chi connectivity index (χ4v) is 6.34. The molecule has 0 radical (unpaired) electrons. The van der Waals surface area contributed by atoms with Crippen LogP contribution in [-0.2, 0) is 26.2 Å². The number of anilines is 1. The van der Waals surface area contributed by atoms with Gasteiger partial charge in [0.25, 0.3) is 10.0 Å². The third-order valence-corrected chi connectivity index (χ3v) is 9.16. The minimum absolute atomic E-state index is 0.0914. The van der Waals surface area contributed by atoms with Gasteiger partial charge in [-0.3, -0.25) is 13.9 Å². The van der Waals surface area contributed by atoms with E-state index in [1.807, 2.05) is 38.1 Å². The summed E-state index contributed by atoms with van der Waals surface area (Å²) in [5.41, 5.74) is 1.02. The smallest absolute Gasteiger partial charge is 0.264 e. The number of ether oxygens (including phenoxy) is 3. The monoisotopic (exact) mass is 689 g/mol. The van der Waals surface area contributed by atoms with Gasteiger partial charge in [-0.1, -0.05) is 41.4 Å². The number of sulfonamides is 1. The van der Waals surface area contributed by atoms with E-state index in [-0.39, 0.29) is 28.8 Å². The highest BCUT2D eigenvalue weighted by molar-refractivity contribution is 9.10. The lowest BCUT2D eigenvalue weighted by Gasteiger charge is -2.32. The van der Waals surface area contributed by atoms with Crippen LogP contribution in [0, 0.1) is 0 Å². The molecule has 0 saturated carbocycles. The number of amides is 2. The van der Waals surface area contributed by atoms with Crippen LogP contribution in [0.15, 0.2) is 76.1 Å². The molecule has 0 spiro atoms. The summed E-state index contributed by atoms with van der Waals surface area (Å²) in [5, 5.41) is 2.89. The molecule has 0 saturated heterocycles. The number of unbranched alkanes of at least 4 members (excludes halogenated alkanes) is 1. The van der Waals surface area contributed by atoms with Gasteiger partial charge >= 0.3 is 0 Å². The third-order valence-electron chi connectivity index (χ3n) is 6.90. The fourth-order valence-electron chi connectivity index (χ4n) is 4.46. The molecule has 3 rings (SSSR count). The molecule has 3 aromatic carbocycles. The fraction of sp³-hybridized carbons (Fsp3) is 0.375. The number of hydrogen-bond donors (Lipinski definition) is 1. The highest BCUT2D eigenvalue weighted by Crippen LogP contribution is 2.33. The second kappa shape index (κ2) is 16.3. The summed E-state index contributed by atoms with van der Waals surface area (Å²) >= 11 is 3.46. The van der Waals surface area contributed by atoms with Crippen molar-refractivity contribution < 1.29 is 32.2 Å². The van der Waals surface area contributed by atoms with E-state index in [0.29, 0.717) is 24.7 Å². The molecule has 2 amide bonds. The zero-order valence-electron chi connectivity index (χ0n) is 25.7. The van der Waals surface area contributed by atoms with Gasteiger partial charge in [-0.25, -0.2) is 8.42 Å². The lowest BCUT2D eigenvalue weighted by Crippen LogP contribution is -2.51. The number of hydrogen-bond acceptors (Lipinski definition) is 7. The Kier molecular flexibility index (Phi) is 12.9. The first-order chi connectivity index (χ1) is 21.0. The second-order valence-electron chi connectivity index (χ2n) is 9.93. The number of nitrogens with zero attached hydrogens (tertiary/aromatic N) is 2. The van der Waals surface area contributed by atoms with Crippen LogP contribution in [0.3, 0.4) is 0 Å². The summed E-state index contributed by atoms with van der Waals surface area (Å²) in [6, 6.07) is 17.2. The molecular weight excluding hydrogens is 650 g/mol. The van der Waals surface area contributed by atoms with E-state index in [0.717, 1.165) is 27.2 Å².